The smallest absolute Gasteiger partial charge is 0.222 e. The van der Waals surface area contributed by atoms with Crippen LogP contribution in [0.5, 0.6) is 5.75 Å². The van der Waals surface area contributed by atoms with E-state index < -0.39 is 15.1 Å². The van der Waals surface area contributed by atoms with E-state index in [1.165, 1.54) is 25.3 Å². The highest BCUT2D eigenvalue weighted by molar-refractivity contribution is 7.92. The third-order valence-electron chi connectivity index (χ3n) is 4.88. The molecule has 0 aromatic heterocycles. The molecule has 1 fully saturated rings. The molecule has 2 aromatic carbocycles. The Kier molecular flexibility index (Phi) is 5.51. The number of aryl methyl sites for hydroxylation is 2. The second-order valence-corrected chi connectivity index (χ2v) is 8.95. The number of halogens is 1. The van der Waals surface area contributed by atoms with E-state index in [0.29, 0.717) is 17.7 Å². The van der Waals surface area contributed by atoms with Gasteiger partial charge in [0.15, 0.2) is 9.84 Å². The van der Waals surface area contributed by atoms with E-state index in [0.717, 1.165) is 5.56 Å². The zero-order chi connectivity index (χ0) is 19.6. The van der Waals surface area contributed by atoms with Crippen molar-refractivity contribution in [3.05, 3.63) is 59.4 Å². The summed E-state index contributed by atoms with van der Waals surface area (Å²) in [5, 5.41) is -0.581. The van der Waals surface area contributed by atoms with Gasteiger partial charge in [0.1, 0.15) is 16.8 Å². The Labute approximate surface area is 158 Å². The van der Waals surface area contributed by atoms with Crippen LogP contribution in [0.25, 0.3) is 0 Å². The maximum atomic E-state index is 13.3. The van der Waals surface area contributed by atoms with Crippen LogP contribution in [-0.2, 0) is 21.1 Å². The molecule has 0 radical (unpaired) electrons. The van der Waals surface area contributed by atoms with E-state index in [2.05, 4.69) is 0 Å². The van der Waals surface area contributed by atoms with E-state index in [-0.39, 0.29) is 36.1 Å². The molecule has 0 N–H and O–H groups in total. The summed E-state index contributed by atoms with van der Waals surface area (Å²) in [6.07, 6.45) is 0.784. The minimum absolute atomic E-state index is 0.0850. The first-order valence-electron chi connectivity index (χ1n) is 8.72. The van der Waals surface area contributed by atoms with E-state index in [1.807, 2.05) is 0 Å². The van der Waals surface area contributed by atoms with Crippen LogP contribution in [0, 0.1) is 12.7 Å². The van der Waals surface area contributed by atoms with E-state index in [4.69, 9.17) is 4.74 Å². The summed E-state index contributed by atoms with van der Waals surface area (Å²) in [6, 6.07) is 11.1. The monoisotopic (exact) mass is 391 g/mol. The Bertz CT molecular complexity index is 935. The van der Waals surface area contributed by atoms with Gasteiger partial charge in [-0.05, 0) is 54.8 Å². The molecular formula is C20H22FNO4S. The van der Waals surface area contributed by atoms with Gasteiger partial charge in [-0.2, -0.15) is 0 Å². The summed E-state index contributed by atoms with van der Waals surface area (Å²) in [6.45, 7) is 2.09. The first-order valence-corrected chi connectivity index (χ1v) is 10.3. The lowest BCUT2D eigenvalue weighted by molar-refractivity contribution is -0.134. The molecule has 0 spiro atoms. The van der Waals surface area contributed by atoms with Crippen molar-refractivity contribution in [3.63, 3.8) is 0 Å². The SMILES string of the molecule is COc1ccc(S(=O)(=O)C2CN(C(=O)CCc3ccc(F)c(C)c3)C2)cc1. The van der Waals surface area contributed by atoms with Crippen LogP contribution >= 0.6 is 0 Å². The van der Waals surface area contributed by atoms with E-state index >= 15 is 0 Å². The third-order valence-corrected chi connectivity index (χ3v) is 6.98. The molecule has 0 bridgehead atoms. The summed E-state index contributed by atoms with van der Waals surface area (Å²) in [4.78, 5) is 14.1. The molecule has 1 aliphatic heterocycles. The maximum Gasteiger partial charge on any atom is 0.222 e. The first-order chi connectivity index (χ1) is 12.8. The molecule has 5 nitrogen and oxygen atoms in total. The van der Waals surface area contributed by atoms with Gasteiger partial charge in [0, 0.05) is 19.5 Å². The number of nitrogens with zero attached hydrogens (tertiary/aromatic N) is 1. The first kappa shape index (κ1) is 19.4. The van der Waals surface area contributed by atoms with Gasteiger partial charge >= 0.3 is 0 Å². The normalized spacial score (nSPS) is 14.7. The maximum absolute atomic E-state index is 13.3. The molecule has 1 heterocycles. The van der Waals surface area contributed by atoms with Crippen molar-refractivity contribution in [3.8, 4) is 5.75 Å². The average molecular weight is 391 g/mol. The molecule has 0 aliphatic carbocycles. The predicted octanol–water partition coefficient (Wildman–Crippen LogP) is 2.76. The Morgan fingerprint density at radius 3 is 2.44 bits per heavy atom. The van der Waals surface area contributed by atoms with Gasteiger partial charge in [-0.3, -0.25) is 4.79 Å². The molecule has 2 aromatic rings. The van der Waals surface area contributed by atoms with Gasteiger partial charge in [0.2, 0.25) is 5.91 Å². The number of hydrogen-bond donors (Lipinski definition) is 0. The van der Waals surface area contributed by atoms with Gasteiger partial charge in [0.25, 0.3) is 0 Å². The predicted molar refractivity (Wildman–Crippen MR) is 100 cm³/mol. The molecule has 3 rings (SSSR count). The number of carbonyl (C=O) groups is 1. The second-order valence-electron chi connectivity index (χ2n) is 6.72. The number of ether oxygens (including phenoxy) is 1. The summed E-state index contributed by atoms with van der Waals surface area (Å²) in [5.74, 6) is 0.243. The van der Waals surface area contributed by atoms with Crippen LogP contribution in [0.3, 0.4) is 0 Å². The molecule has 0 saturated carbocycles. The minimum Gasteiger partial charge on any atom is -0.497 e. The fraction of sp³-hybridized carbons (Fsp3) is 0.350. The largest absolute Gasteiger partial charge is 0.497 e. The van der Waals surface area contributed by atoms with Crippen molar-refractivity contribution < 1.29 is 22.3 Å². The van der Waals surface area contributed by atoms with Crippen molar-refractivity contribution in [2.75, 3.05) is 20.2 Å². The van der Waals surface area contributed by atoms with Gasteiger partial charge in [0.05, 0.1) is 12.0 Å². The van der Waals surface area contributed by atoms with Crippen LogP contribution in [0.2, 0.25) is 0 Å². The van der Waals surface area contributed by atoms with Crippen LogP contribution in [0.1, 0.15) is 17.5 Å². The summed E-state index contributed by atoms with van der Waals surface area (Å²) >= 11 is 0. The Morgan fingerprint density at radius 2 is 1.85 bits per heavy atom. The fourth-order valence-corrected chi connectivity index (χ4v) is 4.72. The van der Waals surface area contributed by atoms with Crippen LogP contribution in [0.4, 0.5) is 4.39 Å². The van der Waals surface area contributed by atoms with Crippen molar-refractivity contribution >= 4 is 15.7 Å². The molecule has 1 saturated heterocycles. The number of benzene rings is 2. The molecule has 0 unspecified atom stereocenters. The Balaban J connectivity index is 1.54. The number of methoxy groups -OCH3 is 1. The number of carbonyl (C=O) groups excluding carboxylic acids is 1. The Morgan fingerprint density at radius 1 is 1.19 bits per heavy atom. The third kappa shape index (κ3) is 4.13. The lowest BCUT2D eigenvalue weighted by Gasteiger charge is -2.38. The average Bonchev–Trinajstić information content (AvgIpc) is 2.61. The van der Waals surface area contributed by atoms with Crippen molar-refractivity contribution in [1.82, 2.24) is 4.90 Å². The van der Waals surface area contributed by atoms with Crippen molar-refractivity contribution in [2.24, 2.45) is 0 Å². The van der Waals surface area contributed by atoms with Crippen LogP contribution in [0.15, 0.2) is 47.4 Å². The van der Waals surface area contributed by atoms with Crippen LogP contribution < -0.4 is 4.74 Å². The summed E-state index contributed by atoms with van der Waals surface area (Å²) < 4.78 is 43.6. The zero-order valence-corrected chi connectivity index (χ0v) is 16.1. The summed E-state index contributed by atoms with van der Waals surface area (Å²) in [5.41, 5.74) is 1.44. The van der Waals surface area contributed by atoms with Gasteiger partial charge in [-0.25, -0.2) is 12.8 Å². The molecule has 1 aliphatic rings. The second kappa shape index (κ2) is 7.68. The zero-order valence-electron chi connectivity index (χ0n) is 15.3. The number of hydrogen-bond acceptors (Lipinski definition) is 4. The van der Waals surface area contributed by atoms with Crippen molar-refractivity contribution in [1.29, 1.82) is 0 Å². The van der Waals surface area contributed by atoms with Gasteiger partial charge < -0.3 is 9.64 Å². The highest BCUT2D eigenvalue weighted by Gasteiger charge is 2.40. The molecule has 144 valence electrons. The molecule has 27 heavy (non-hydrogen) atoms. The van der Waals surface area contributed by atoms with Gasteiger partial charge in [-0.1, -0.05) is 12.1 Å². The summed E-state index contributed by atoms with van der Waals surface area (Å²) in [7, 11) is -1.94. The molecule has 1 amide bonds. The highest BCUT2D eigenvalue weighted by atomic mass is 32.2. The number of amides is 1. The number of sulfone groups is 1. The molecule has 7 heteroatoms. The van der Waals surface area contributed by atoms with E-state index in [9.17, 15) is 17.6 Å². The van der Waals surface area contributed by atoms with Crippen LogP contribution in [-0.4, -0.2) is 44.7 Å². The highest BCUT2D eigenvalue weighted by Crippen LogP contribution is 2.26. The lowest BCUT2D eigenvalue weighted by Crippen LogP contribution is -2.56. The van der Waals surface area contributed by atoms with E-state index in [1.54, 1.807) is 36.1 Å². The topological polar surface area (TPSA) is 63.7 Å². The molecular weight excluding hydrogens is 369 g/mol. The number of likely N-dealkylation sites (tertiary alicyclic amines) is 1. The Hall–Kier alpha value is -2.41. The standard InChI is InChI=1S/C20H22FNO4S/c1-14-11-15(3-9-19(14)21)4-10-20(23)22-12-18(13-22)27(24,25)17-7-5-16(26-2)6-8-17/h3,5-9,11,18H,4,10,12-13H2,1-2H3. The minimum atomic E-state index is -3.46. The quantitative estimate of drug-likeness (QED) is 0.760. The van der Waals surface area contributed by atoms with Crippen molar-refractivity contribution in [2.45, 2.75) is 29.9 Å². The number of rotatable bonds is 6. The lowest BCUT2D eigenvalue weighted by atomic mass is 10.1. The molecule has 0 atom stereocenters. The fourth-order valence-electron chi connectivity index (χ4n) is 3.07. The van der Waals surface area contributed by atoms with Gasteiger partial charge in [-0.15, -0.1) is 0 Å².